The first kappa shape index (κ1) is 23.5. The lowest BCUT2D eigenvalue weighted by Crippen LogP contribution is -2.06. The van der Waals surface area contributed by atoms with Crippen molar-refractivity contribution < 1.29 is 26.7 Å². The number of ether oxygens (including phenoxy) is 1. The molecule has 1 heterocycles. The number of nitrogens with zero attached hydrogens (tertiary/aromatic N) is 2. The molecule has 8 heteroatoms. The minimum absolute atomic E-state index is 0.157. The molecule has 1 aromatic heterocycles. The molecule has 5 aromatic rings. The monoisotopic (exact) mass is 494 g/mol. The van der Waals surface area contributed by atoms with Crippen molar-refractivity contribution in [2.24, 2.45) is 0 Å². The van der Waals surface area contributed by atoms with Gasteiger partial charge in [-0.1, -0.05) is 60.7 Å². The maximum Gasteiger partial charge on any atom is 0.418 e. The number of halogens is 5. The Hall–Kier alpha value is -4.20. The molecule has 0 saturated carbocycles. The highest BCUT2D eigenvalue weighted by atomic mass is 19.4. The van der Waals surface area contributed by atoms with Crippen LogP contribution in [0.15, 0.2) is 91.0 Å². The highest BCUT2D eigenvalue weighted by Crippen LogP contribution is 2.38. The van der Waals surface area contributed by atoms with Crippen molar-refractivity contribution in [1.82, 2.24) is 9.78 Å². The molecule has 0 bridgehead atoms. The van der Waals surface area contributed by atoms with E-state index in [4.69, 9.17) is 4.74 Å². The van der Waals surface area contributed by atoms with Gasteiger partial charge < -0.3 is 4.74 Å². The molecule has 36 heavy (non-hydrogen) atoms. The first-order chi connectivity index (χ1) is 17.3. The topological polar surface area (TPSA) is 27.1 Å². The van der Waals surface area contributed by atoms with Crippen molar-refractivity contribution >= 4 is 10.9 Å². The normalized spacial score (nSPS) is 11.7. The summed E-state index contributed by atoms with van der Waals surface area (Å²) in [4.78, 5) is 0. The van der Waals surface area contributed by atoms with Gasteiger partial charge in [0.15, 0.2) is 0 Å². The smallest absolute Gasteiger partial charge is 0.418 e. The Balaban J connectivity index is 1.58. The van der Waals surface area contributed by atoms with Gasteiger partial charge in [0.1, 0.15) is 29.5 Å². The summed E-state index contributed by atoms with van der Waals surface area (Å²) in [7, 11) is 0. The van der Waals surface area contributed by atoms with Gasteiger partial charge in [-0.15, -0.1) is 0 Å². The second kappa shape index (κ2) is 9.45. The second-order valence-corrected chi connectivity index (χ2v) is 8.21. The fourth-order valence-electron chi connectivity index (χ4n) is 4.12. The van der Waals surface area contributed by atoms with Crippen molar-refractivity contribution in [3.63, 3.8) is 0 Å². The molecular formula is C28H19F5N2O. The van der Waals surface area contributed by atoms with Crippen molar-refractivity contribution in [2.45, 2.75) is 19.3 Å². The van der Waals surface area contributed by atoms with Crippen LogP contribution in [0.4, 0.5) is 22.0 Å². The Morgan fingerprint density at radius 3 is 2.19 bits per heavy atom. The van der Waals surface area contributed by atoms with Crippen LogP contribution in [0.3, 0.4) is 0 Å². The van der Waals surface area contributed by atoms with E-state index in [1.165, 1.54) is 16.8 Å². The van der Waals surface area contributed by atoms with Crippen molar-refractivity contribution in [3.8, 4) is 17.0 Å². The first-order valence-electron chi connectivity index (χ1n) is 11.1. The third-order valence-electron chi connectivity index (χ3n) is 5.80. The van der Waals surface area contributed by atoms with Gasteiger partial charge in [-0.3, -0.25) is 4.68 Å². The van der Waals surface area contributed by atoms with Gasteiger partial charge in [0.05, 0.1) is 23.4 Å². The summed E-state index contributed by atoms with van der Waals surface area (Å²) < 4.78 is 76.4. The zero-order valence-electron chi connectivity index (χ0n) is 18.8. The molecule has 0 aliphatic carbocycles. The molecule has 4 aromatic carbocycles. The van der Waals surface area contributed by atoms with Crippen LogP contribution in [-0.4, -0.2) is 9.78 Å². The zero-order valence-corrected chi connectivity index (χ0v) is 18.8. The van der Waals surface area contributed by atoms with Crippen LogP contribution in [0.2, 0.25) is 0 Å². The maximum absolute atomic E-state index is 14.0. The molecule has 0 saturated heterocycles. The van der Waals surface area contributed by atoms with Gasteiger partial charge in [0.2, 0.25) is 0 Å². The summed E-state index contributed by atoms with van der Waals surface area (Å²) in [5, 5.41) is 4.69. The zero-order chi connectivity index (χ0) is 25.3. The van der Waals surface area contributed by atoms with Crippen LogP contribution < -0.4 is 4.74 Å². The summed E-state index contributed by atoms with van der Waals surface area (Å²) in [5.74, 6) is -1.14. The SMILES string of the molecule is Fc1cccc(F)c1COc1cccc(-c2c3cccc(C(F)(F)F)c3nn2Cc2ccccc2)c1. The molecule has 182 valence electrons. The predicted octanol–water partition coefficient (Wildman–Crippen LogP) is 7.63. The maximum atomic E-state index is 14.0. The van der Waals surface area contributed by atoms with Crippen molar-refractivity contribution in [3.05, 3.63) is 119 Å². The lowest BCUT2D eigenvalue weighted by Gasteiger charge is -2.12. The average molecular weight is 494 g/mol. The summed E-state index contributed by atoms with van der Waals surface area (Å²) in [5.41, 5.74) is 0.702. The molecule has 0 atom stereocenters. The van der Waals surface area contributed by atoms with E-state index >= 15 is 0 Å². The van der Waals surface area contributed by atoms with Crippen molar-refractivity contribution in [2.75, 3.05) is 0 Å². The molecule has 0 amide bonds. The third kappa shape index (κ3) is 4.66. The van der Waals surface area contributed by atoms with Gasteiger partial charge in [0.25, 0.3) is 0 Å². The molecule has 0 radical (unpaired) electrons. The number of hydrogen-bond donors (Lipinski definition) is 0. The molecule has 0 N–H and O–H groups in total. The van der Waals surface area contributed by atoms with Crippen LogP contribution in [-0.2, 0) is 19.3 Å². The summed E-state index contributed by atoms with van der Waals surface area (Å²) in [6.45, 7) is -0.0993. The van der Waals surface area contributed by atoms with E-state index < -0.39 is 23.4 Å². The van der Waals surface area contributed by atoms with Crippen LogP contribution >= 0.6 is 0 Å². The van der Waals surface area contributed by atoms with Gasteiger partial charge >= 0.3 is 6.18 Å². The number of fused-ring (bicyclic) bond motifs is 1. The number of hydrogen-bond acceptors (Lipinski definition) is 2. The molecule has 0 spiro atoms. The molecule has 0 aliphatic heterocycles. The molecule has 0 unspecified atom stereocenters. The minimum atomic E-state index is -4.57. The third-order valence-corrected chi connectivity index (χ3v) is 5.80. The highest BCUT2D eigenvalue weighted by Gasteiger charge is 2.34. The molecule has 5 rings (SSSR count). The Bertz CT molecular complexity index is 1510. The Morgan fingerprint density at radius 2 is 1.47 bits per heavy atom. The Kier molecular flexibility index (Phi) is 6.18. The van der Waals surface area contributed by atoms with E-state index in [1.807, 2.05) is 30.3 Å². The summed E-state index contributed by atoms with van der Waals surface area (Å²) in [6.07, 6.45) is -4.57. The Morgan fingerprint density at radius 1 is 0.778 bits per heavy atom. The highest BCUT2D eigenvalue weighted by molar-refractivity contribution is 5.95. The number of rotatable bonds is 6. The lowest BCUT2D eigenvalue weighted by atomic mass is 10.0. The van der Waals surface area contributed by atoms with Crippen molar-refractivity contribution in [1.29, 1.82) is 0 Å². The van der Waals surface area contributed by atoms with E-state index in [9.17, 15) is 22.0 Å². The lowest BCUT2D eigenvalue weighted by molar-refractivity contribution is -0.136. The predicted molar refractivity (Wildman–Crippen MR) is 126 cm³/mol. The fraction of sp³-hybridized carbons (Fsp3) is 0.107. The van der Waals surface area contributed by atoms with Gasteiger partial charge in [-0.05, 0) is 35.9 Å². The standard InChI is InChI=1S/C28H19F5N2O/c29-24-13-6-14-25(30)22(24)17-36-20-10-4-9-19(15-20)27-21-11-5-12-23(28(31,32)33)26(21)34-35(27)16-18-7-2-1-3-8-18/h1-15H,16-17H2. The number of alkyl halides is 3. The van der Waals surface area contributed by atoms with E-state index in [1.54, 1.807) is 30.3 Å². The Labute approximate surface area is 203 Å². The van der Waals surface area contributed by atoms with Crippen LogP contribution in [0, 0.1) is 11.6 Å². The largest absolute Gasteiger partial charge is 0.489 e. The van der Waals surface area contributed by atoms with E-state index in [0.29, 0.717) is 22.4 Å². The fourth-order valence-corrected chi connectivity index (χ4v) is 4.12. The van der Waals surface area contributed by atoms with Crippen LogP contribution in [0.5, 0.6) is 5.75 Å². The molecular weight excluding hydrogens is 475 g/mol. The first-order valence-corrected chi connectivity index (χ1v) is 11.1. The summed E-state index contributed by atoms with van der Waals surface area (Å²) in [6, 6.07) is 23.4. The molecule has 3 nitrogen and oxygen atoms in total. The average Bonchev–Trinajstić information content (AvgIpc) is 3.21. The van der Waals surface area contributed by atoms with Crippen LogP contribution in [0.1, 0.15) is 16.7 Å². The quantitative estimate of drug-likeness (QED) is 0.227. The minimum Gasteiger partial charge on any atom is -0.489 e. The van der Waals surface area contributed by atoms with Gasteiger partial charge in [-0.2, -0.15) is 18.3 Å². The van der Waals surface area contributed by atoms with Gasteiger partial charge in [-0.25, -0.2) is 8.78 Å². The molecule has 0 aliphatic rings. The van der Waals surface area contributed by atoms with Gasteiger partial charge in [0, 0.05) is 10.9 Å². The van der Waals surface area contributed by atoms with Crippen LogP contribution in [0.25, 0.3) is 22.2 Å². The van der Waals surface area contributed by atoms with E-state index in [0.717, 1.165) is 23.8 Å². The summed E-state index contributed by atoms with van der Waals surface area (Å²) >= 11 is 0. The second-order valence-electron chi connectivity index (χ2n) is 8.21. The van der Waals surface area contributed by atoms with E-state index in [2.05, 4.69) is 5.10 Å². The number of benzene rings is 4. The number of aromatic nitrogens is 2. The molecule has 0 fully saturated rings. The van der Waals surface area contributed by atoms with E-state index in [-0.39, 0.29) is 24.2 Å².